The second-order valence-electron chi connectivity index (χ2n) is 9.89. The Labute approximate surface area is 206 Å². The first-order chi connectivity index (χ1) is 16.8. The summed E-state index contributed by atoms with van der Waals surface area (Å²) in [5, 5.41) is 7.61. The highest BCUT2D eigenvalue weighted by molar-refractivity contribution is 6.10. The van der Waals surface area contributed by atoms with Crippen LogP contribution in [-0.2, 0) is 5.41 Å². The van der Waals surface area contributed by atoms with E-state index in [2.05, 4.69) is 50.2 Å². The maximum absolute atomic E-state index is 13.1. The number of fused-ring (bicyclic) bond motifs is 2. The largest absolute Gasteiger partial charge is 0.383 e. The van der Waals surface area contributed by atoms with Gasteiger partial charge in [-0.05, 0) is 35.1 Å². The first-order valence-electron chi connectivity index (χ1n) is 12.3. The summed E-state index contributed by atoms with van der Waals surface area (Å²) in [5.41, 5.74) is 11.4. The van der Waals surface area contributed by atoms with E-state index in [-0.39, 0.29) is 17.1 Å². The van der Waals surface area contributed by atoms with E-state index in [1.54, 1.807) is 6.21 Å². The average molecular weight is 471 g/mol. The molecule has 4 rings (SSSR count). The zero-order valence-corrected chi connectivity index (χ0v) is 21.0. The number of nitrogen functional groups attached to an aromatic ring is 1. The van der Waals surface area contributed by atoms with E-state index < -0.39 is 0 Å². The summed E-state index contributed by atoms with van der Waals surface area (Å²) in [6, 6.07) is 15.8. The van der Waals surface area contributed by atoms with Crippen molar-refractivity contribution in [3.63, 3.8) is 0 Å². The lowest BCUT2D eigenvalue weighted by atomic mass is 9.87. The molecule has 35 heavy (non-hydrogen) atoms. The Bertz CT molecular complexity index is 1360. The minimum absolute atomic E-state index is 0.0756. The lowest BCUT2D eigenvalue weighted by Crippen LogP contribution is -2.25. The van der Waals surface area contributed by atoms with Gasteiger partial charge in [-0.2, -0.15) is 9.78 Å². The van der Waals surface area contributed by atoms with Crippen molar-refractivity contribution in [1.29, 1.82) is 0 Å². The predicted molar refractivity (Wildman–Crippen MR) is 144 cm³/mol. The lowest BCUT2D eigenvalue weighted by molar-refractivity contribution is 0.0955. The minimum atomic E-state index is -0.253. The number of rotatable bonds is 8. The summed E-state index contributed by atoms with van der Waals surface area (Å²) < 4.78 is 1.51. The van der Waals surface area contributed by atoms with E-state index in [0.717, 1.165) is 36.8 Å². The van der Waals surface area contributed by atoms with Crippen LogP contribution in [0.15, 0.2) is 53.6 Å². The molecule has 0 spiro atoms. The summed E-state index contributed by atoms with van der Waals surface area (Å²) in [4.78, 5) is 22.6. The number of nitrogens with two attached hydrogens (primary N) is 1. The third kappa shape index (κ3) is 5.34. The lowest BCUT2D eigenvalue weighted by Gasteiger charge is -2.18. The molecular formula is C28H34N6O. The summed E-state index contributed by atoms with van der Waals surface area (Å²) in [6.07, 6.45) is 6.03. The first kappa shape index (κ1) is 24.4. The number of unbranched alkanes of at least 4 members (excludes halogenated alkanes) is 3. The Kier molecular flexibility index (Phi) is 7.15. The van der Waals surface area contributed by atoms with E-state index >= 15 is 0 Å². The molecular weight excluding hydrogens is 436 g/mol. The molecule has 0 bridgehead atoms. The summed E-state index contributed by atoms with van der Waals surface area (Å²) in [6.45, 7) is 9.30. The highest BCUT2D eigenvalue weighted by Crippen LogP contribution is 2.28. The average Bonchev–Trinajstić information content (AvgIpc) is 3.10. The van der Waals surface area contributed by atoms with Crippen molar-refractivity contribution >= 4 is 40.1 Å². The minimum Gasteiger partial charge on any atom is -0.383 e. The Morgan fingerprint density at radius 2 is 1.71 bits per heavy atom. The number of amides is 1. The Morgan fingerprint density at radius 1 is 1.03 bits per heavy atom. The quantitative estimate of drug-likeness (QED) is 0.256. The number of hydrogen-bond acceptors (Lipinski definition) is 5. The van der Waals surface area contributed by atoms with Gasteiger partial charge in [-0.15, -0.1) is 0 Å². The second-order valence-corrected chi connectivity index (χ2v) is 9.89. The monoisotopic (exact) mass is 470 g/mol. The fourth-order valence-electron chi connectivity index (χ4n) is 4.02. The maximum Gasteiger partial charge on any atom is 0.257 e. The SMILES string of the molecule is CCCCCCNC(=O)c1c(N)n(N=Cc2ccc(C(C)(C)C)cc2)c2nc3ccccc3nc12. The molecule has 0 aliphatic heterocycles. The van der Waals surface area contributed by atoms with Crippen LogP contribution < -0.4 is 11.1 Å². The zero-order chi connectivity index (χ0) is 25.0. The van der Waals surface area contributed by atoms with E-state index in [0.29, 0.717) is 28.8 Å². The van der Waals surface area contributed by atoms with Crippen molar-refractivity contribution in [3.05, 3.63) is 65.2 Å². The van der Waals surface area contributed by atoms with Crippen LogP contribution in [0.25, 0.3) is 22.2 Å². The van der Waals surface area contributed by atoms with Gasteiger partial charge in [0.15, 0.2) is 5.65 Å². The Morgan fingerprint density at radius 3 is 2.37 bits per heavy atom. The van der Waals surface area contributed by atoms with Crippen LogP contribution in [0.2, 0.25) is 0 Å². The molecule has 0 unspecified atom stereocenters. The van der Waals surface area contributed by atoms with Gasteiger partial charge >= 0.3 is 0 Å². The van der Waals surface area contributed by atoms with Crippen LogP contribution in [0.4, 0.5) is 5.82 Å². The molecule has 2 heterocycles. The van der Waals surface area contributed by atoms with Crippen molar-refractivity contribution in [1.82, 2.24) is 20.0 Å². The van der Waals surface area contributed by atoms with Crippen molar-refractivity contribution in [2.75, 3.05) is 12.3 Å². The molecule has 0 radical (unpaired) electrons. The fraction of sp³-hybridized carbons (Fsp3) is 0.357. The van der Waals surface area contributed by atoms with Crippen LogP contribution in [0.3, 0.4) is 0 Å². The molecule has 0 fully saturated rings. The number of nitrogens with zero attached hydrogens (tertiary/aromatic N) is 4. The standard InChI is InChI=1S/C28H34N6O/c1-5-6-7-10-17-30-27(35)23-24-26(33-22-12-9-8-11-21(22)32-24)34(25(23)29)31-18-19-13-15-20(16-14-19)28(2,3)4/h8-9,11-16,18H,5-7,10,17,29H2,1-4H3,(H,30,35). The van der Waals surface area contributed by atoms with Crippen LogP contribution in [0, 0.1) is 0 Å². The second kappa shape index (κ2) is 10.3. The summed E-state index contributed by atoms with van der Waals surface area (Å²) >= 11 is 0. The van der Waals surface area contributed by atoms with Gasteiger partial charge in [-0.1, -0.05) is 83.4 Å². The molecule has 0 aliphatic rings. The number of anilines is 1. The van der Waals surface area contributed by atoms with Crippen molar-refractivity contribution in [3.8, 4) is 0 Å². The highest BCUT2D eigenvalue weighted by atomic mass is 16.1. The van der Waals surface area contributed by atoms with E-state index in [9.17, 15) is 4.79 Å². The maximum atomic E-state index is 13.1. The molecule has 7 heteroatoms. The van der Waals surface area contributed by atoms with Gasteiger partial charge in [0, 0.05) is 6.54 Å². The molecule has 4 aromatic rings. The van der Waals surface area contributed by atoms with Crippen LogP contribution >= 0.6 is 0 Å². The first-order valence-corrected chi connectivity index (χ1v) is 12.3. The third-order valence-corrected chi connectivity index (χ3v) is 6.12. The molecule has 182 valence electrons. The number of carbonyl (C=O) groups excluding carboxylic acids is 1. The van der Waals surface area contributed by atoms with E-state index in [1.165, 1.54) is 10.2 Å². The molecule has 2 aromatic carbocycles. The smallest absolute Gasteiger partial charge is 0.257 e. The Balaban J connectivity index is 1.72. The molecule has 0 aliphatic carbocycles. The molecule has 3 N–H and O–H groups in total. The van der Waals surface area contributed by atoms with Crippen molar-refractivity contribution in [2.24, 2.45) is 5.10 Å². The van der Waals surface area contributed by atoms with Gasteiger partial charge in [-0.25, -0.2) is 9.97 Å². The summed E-state index contributed by atoms with van der Waals surface area (Å²) in [7, 11) is 0. The molecule has 0 saturated heterocycles. The fourth-order valence-corrected chi connectivity index (χ4v) is 4.02. The predicted octanol–water partition coefficient (Wildman–Crippen LogP) is 5.66. The van der Waals surface area contributed by atoms with Crippen LogP contribution in [-0.4, -0.2) is 33.3 Å². The number of benzene rings is 2. The number of hydrogen-bond donors (Lipinski definition) is 2. The van der Waals surface area contributed by atoms with Crippen LogP contribution in [0.1, 0.15) is 74.9 Å². The molecule has 7 nitrogen and oxygen atoms in total. The van der Waals surface area contributed by atoms with Gasteiger partial charge in [-0.3, -0.25) is 4.79 Å². The molecule has 2 aromatic heterocycles. The van der Waals surface area contributed by atoms with Gasteiger partial charge in [0.1, 0.15) is 16.9 Å². The Hall–Kier alpha value is -3.74. The number of aromatic nitrogens is 3. The molecule has 0 atom stereocenters. The third-order valence-electron chi connectivity index (χ3n) is 6.12. The van der Waals surface area contributed by atoms with E-state index in [1.807, 2.05) is 36.4 Å². The molecule has 1 amide bonds. The highest BCUT2D eigenvalue weighted by Gasteiger charge is 2.24. The van der Waals surface area contributed by atoms with Gasteiger partial charge in [0.25, 0.3) is 5.91 Å². The molecule has 0 saturated carbocycles. The number of carbonyl (C=O) groups is 1. The normalized spacial score (nSPS) is 12.1. The number of nitrogens with one attached hydrogen (secondary N) is 1. The van der Waals surface area contributed by atoms with Gasteiger partial charge in [0.2, 0.25) is 0 Å². The van der Waals surface area contributed by atoms with Crippen molar-refractivity contribution in [2.45, 2.75) is 58.8 Å². The summed E-state index contributed by atoms with van der Waals surface area (Å²) in [5.74, 6) is -0.0269. The van der Waals surface area contributed by atoms with Gasteiger partial charge in [0.05, 0.1) is 17.2 Å². The van der Waals surface area contributed by atoms with Crippen molar-refractivity contribution < 1.29 is 4.79 Å². The zero-order valence-electron chi connectivity index (χ0n) is 21.0. The van der Waals surface area contributed by atoms with Gasteiger partial charge < -0.3 is 11.1 Å². The topological polar surface area (TPSA) is 98.2 Å². The van der Waals surface area contributed by atoms with Crippen LogP contribution in [0.5, 0.6) is 0 Å². The van der Waals surface area contributed by atoms with E-state index in [4.69, 9.17) is 15.7 Å². The number of para-hydroxylation sites is 2.